The monoisotopic (exact) mass is 562 g/mol. The SMILES string of the molecule is CCOC(=O)c1ccc(N2C(=O)C3C(CC(C)C)NC4(c5ccccc5-n5c4nc4ccccc4c5=O)C3C2=O)cc1. The number of benzene rings is 3. The summed E-state index contributed by atoms with van der Waals surface area (Å²) in [5.41, 5.74) is 1.28. The van der Waals surface area contributed by atoms with Crippen molar-refractivity contribution in [1.29, 1.82) is 0 Å². The van der Waals surface area contributed by atoms with Gasteiger partial charge < -0.3 is 4.74 Å². The Morgan fingerprint density at radius 1 is 0.976 bits per heavy atom. The standard InChI is InChI=1S/C33H30N4O5/c1-4-42-31(41)19-13-15-20(16-14-19)36-29(39)26-24(17-18(2)3)35-33(27(26)30(36)40)22-10-6-8-12-25(22)37-28(38)21-9-5-7-11-23(21)34-32(33)37/h5-16,18,24,26-27,35H,4,17H2,1-3H3. The van der Waals surface area contributed by atoms with Gasteiger partial charge in [0, 0.05) is 11.6 Å². The van der Waals surface area contributed by atoms with Gasteiger partial charge in [-0.1, -0.05) is 44.2 Å². The van der Waals surface area contributed by atoms with Gasteiger partial charge in [0.2, 0.25) is 11.8 Å². The Kier molecular flexibility index (Phi) is 5.92. The third-order valence-electron chi connectivity index (χ3n) is 8.72. The van der Waals surface area contributed by atoms with Crippen LogP contribution in [0.1, 0.15) is 48.9 Å². The van der Waals surface area contributed by atoms with E-state index in [1.807, 2.05) is 36.4 Å². The number of para-hydroxylation sites is 2. The average molecular weight is 563 g/mol. The van der Waals surface area contributed by atoms with Gasteiger partial charge in [-0.25, -0.2) is 14.7 Å². The molecule has 0 radical (unpaired) electrons. The first-order valence-electron chi connectivity index (χ1n) is 14.3. The van der Waals surface area contributed by atoms with Crippen LogP contribution in [0.5, 0.6) is 0 Å². The fourth-order valence-electron chi connectivity index (χ4n) is 7.14. The maximum absolute atomic E-state index is 14.5. The zero-order chi connectivity index (χ0) is 29.3. The highest BCUT2D eigenvalue weighted by atomic mass is 16.5. The number of imide groups is 1. The normalized spacial score (nSPS) is 24.0. The molecular weight excluding hydrogens is 532 g/mol. The minimum Gasteiger partial charge on any atom is -0.462 e. The summed E-state index contributed by atoms with van der Waals surface area (Å²) < 4.78 is 6.69. The lowest BCUT2D eigenvalue weighted by Gasteiger charge is -2.32. The zero-order valence-electron chi connectivity index (χ0n) is 23.5. The third-order valence-corrected chi connectivity index (χ3v) is 8.72. The highest BCUT2D eigenvalue weighted by Gasteiger charge is 2.69. The number of carbonyl (C=O) groups excluding carboxylic acids is 3. The van der Waals surface area contributed by atoms with E-state index in [2.05, 4.69) is 19.2 Å². The topological polar surface area (TPSA) is 111 Å². The Bertz CT molecular complexity index is 1850. The number of rotatable bonds is 5. The van der Waals surface area contributed by atoms with Crippen LogP contribution in [-0.2, 0) is 19.9 Å². The van der Waals surface area contributed by atoms with Crippen molar-refractivity contribution in [2.75, 3.05) is 11.5 Å². The number of nitrogens with zero attached hydrogens (tertiary/aromatic N) is 3. The van der Waals surface area contributed by atoms with Crippen molar-refractivity contribution in [1.82, 2.24) is 14.9 Å². The summed E-state index contributed by atoms with van der Waals surface area (Å²) in [6.45, 7) is 6.15. The van der Waals surface area contributed by atoms with E-state index in [9.17, 15) is 19.2 Å². The van der Waals surface area contributed by atoms with E-state index in [4.69, 9.17) is 9.72 Å². The molecule has 3 aliphatic rings. The molecule has 0 aliphatic carbocycles. The molecule has 4 atom stereocenters. The van der Waals surface area contributed by atoms with Gasteiger partial charge in [-0.2, -0.15) is 0 Å². The lowest BCUT2D eigenvalue weighted by molar-refractivity contribution is -0.123. The number of anilines is 1. The van der Waals surface area contributed by atoms with Crippen LogP contribution in [0.15, 0.2) is 77.6 Å². The predicted molar refractivity (Wildman–Crippen MR) is 156 cm³/mol. The third kappa shape index (κ3) is 3.49. The highest BCUT2D eigenvalue weighted by Crippen LogP contribution is 2.56. The first-order valence-corrected chi connectivity index (χ1v) is 14.3. The van der Waals surface area contributed by atoms with Crippen LogP contribution in [0.2, 0.25) is 0 Å². The first kappa shape index (κ1) is 26.3. The van der Waals surface area contributed by atoms with Crippen LogP contribution in [-0.4, -0.2) is 40.0 Å². The number of amides is 2. The molecule has 42 heavy (non-hydrogen) atoms. The van der Waals surface area contributed by atoms with Crippen LogP contribution in [0.4, 0.5) is 5.69 Å². The van der Waals surface area contributed by atoms with Crippen LogP contribution >= 0.6 is 0 Å². The van der Waals surface area contributed by atoms with Gasteiger partial charge in [0.1, 0.15) is 11.4 Å². The van der Waals surface area contributed by atoms with Gasteiger partial charge >= 0.3 is 5.97 Å². The average Bonchev–Trinajstić information content (AvgIpc) is 3.56. The molecule has 1 spiro atoms. The molecular formula is C33H30N4O5. The fourth-order valence-corrected chi connectivity index (χ4v) is 7.14. The fraction of sp³-hybridized carbons (Fsp3) is 0.303. The Balaban J connectivity index is 1.43. The van der Waals surface area contributed by atoms with Crippen molar-refractivity contribution >= 4 is 34.4 Å². The number of nitrogens with one attached hydrogen (secondary N) is 1. The second-order valence-electron chi connectivity index (χ2n) is 11.6. The van der Waals surface area contributed by atoms with Gasteiger partial charge in [-0.15, -0.1) is 0 Å². The summed E-state index contributed by atoms with van der Waals surface area (Å²) in [6, 6.07) is 20.7. The van der Waals surface area contributed by atoms with Crippen LogP contribution in [0.25, 0.3) is 16.6 Å². The van der Waals surface area contributed by atoms with E-state index in [0.717, 1.165) is 5.56 Å². The van der Waals surface area contributed by atoms with Crippen molar-refractivity contribution in [3.05, 3.63) is 100 Å². The highest BCUT2D eigenvalue weighted by molar-refractivity contribution is 6.23. The van der Waals surface area contributed by atoms with Crippen molar-refractivity contribution in [2.45, 2.75) is 38.8 Å². The van der Waals surface area contributed by atoms with E-state index in [1.54, 1.807) is 47.9 Å². The number of fused-ring (bicyclic) bond motifs is 8. The predicted octanol–water partition coefficient (Wildman–Crippen LogP) is 3.94. The molecule has 2 amide bonds. The molecule has 9 nitrogen and oxygen atoms in total. The second kappa shape index (κ2) is 9.46. The van der Waals surface area contributed by atoms with E-state index in [0.29, 0.717) is 40.1 Å². The summed E-state index contributed by atoms with van der Waals surface area (Å²) in [6.07, 6.45) is 0.650. The molecule has 0 saturated carbocycles. The number of esters is 1. The van der Waals surface area contributed by atoms with E-state index in [1.165, 1.54) is 4.90 Å². The number of hydrogen-bond donors (Lipinski definition) is 1. The molecule has 7 rings (SSSR count). The molecule has 4 aromatic rings. The first-order chi connectivity index (χ1) is 20.3. The summed E-state index contributed by atoms with van der Waals surface area (Å²) in [4.78, 5) is 61.2. The Morgan fingerprint density at radius 3 is 2.43 bits per heavy atom. The van der Waals surface area contributed by atoms with Crippen molar-refractivity contribution in [3.8, 4) is 5.69 Å². The van der Waals surface area contributed by atoms with Gasteiger partial charge in [0.25, 0.3) is 5.56 Å². The molecule has 3 aromatic carbocycles. The molecule has 212 valence electrons. The minimum absolute atomic E-state index is 0.214. The van der Waals surface area contributed by atoms with E-state index < -0.39 is 23.3 Å². The maximum atomic E-state index is 14.5. The van der Waals surface area contributed by atoms with Crippen LogP contribution in [0.3, 0.4) is 0 Å². The maximum Gasteiger partial charge on any atom is 0.338 e. The molecule has 2 saturated heterocycles. The van der Waals surface area contributed by atoms with Gasteiger partial charge in [-0.3, -0.25) is 24.3 Å². The molecule has 9 heteroatoms. The number of hydrogen-bond acceptors (Lipinski definition) is 7. The van der Waals surface area contributed by atoms with Crippen LogP contribution < -0.4 is 15.8 Å². The van der Waals surface area contributed by atoms with E-state index >= 15 is 0 Å². The van der Waals surface area contributed by atoms with Crippen molar-refractivity contribution in [3.63, 3.8) is 0 Å². The molecule has 1 N–H and O–H groups in total. The van der Waals surface area contributed by atoms with Gasteiger partial charge in [0.05, 0.1) is 46.3 Å². The number of carbonyl (C=O) groups is 3. The summed E-state index contributed by atoms with van der Waals surface area (Å²) >= 11 is 0. The zero-order valence-corrected chi connectivity index (χ0v) is 23.5. The largest absolute Gasteiger partial charge is 0.462 e. The molecule has 1 aromatic heterocycles. The summed E-state index contributed by atoms with van der Waals surface area (Å²) in [5, 5.41) is 4.21. The lowest BCUT2D eigenvalue weighted by Crippen LogP contribution is -2.50. The Labute approximate surface area is 242 Å². The molecule has 0 bridgehead atoms. The summed E-state index contributed by atoms with van der Waals surface area (Å²) in [7, 11) is 0. The number of aromatic nitrogens is 2. The van der Waals surface area contributed by atoms with E-state index in [-0.39, 0.29) is 35.9 Å². The Hall–Kier alpha value is -4.63. The number of ether oxygens (including phenoxy) is 1. The van der Waals surface area contributed by atoms with Gasteiger partial charge in [-0.05, 0) is 61.7 Å². The minimum atomic E-state index is -1.18. The molecule has 2 fully saturated rings. The molecule has 4 heterocycles. The quantitative estimate of drug-likeness (QED) is 0.290. The summed E-state index contributed by atoms with van der Waals surface area (Å²) in [5.74, 6) is -1.98. The smallest absolute Gasteiger partial charge is 0.338 e. The Morgan fingerprint density at radius 2 is 1.69 bits per heavy atom. The van der Waals surface area contributed by atoms with Crippen molar-refractivity contribution < 1.29 is 19.1 Å². The molecule has 3 aliphatic heterocycles. The second-order valence-corrected chi connectivity index (χ2v) is 11.6. The molecule has 4 unspecified atom stereocenters. The van der Waals surface area contributed by atoms with Crippen molar-refractivity contribution in [2.24, 2.45) is 17.8 Å². The van der Waals surface area contributed by atoms with Gasteiger partial charge in [0.15, 0.2) is 0 Å². The van der Waals surface area contributed by atoms with Crippen LogP contribution in [0, 0.1) is 17.8 Å². The lowest BCUT2D eigenvalue weighted by atomic mass is 9.75.